The summed E-state index contributed by atoms with van der Waals surface area (Å²) in [6, 6.07) is 14.2. The maximum atomic E-state index is 11.9. The molecule has 0 spiro atoms. The number of aryl methyl sites for hydroxylation is 1. The van der Waals surface area contributed by atoms with Gasteiger partial charge in [-0.1, -0.05) is 49.2 Å². The number of nitrogens with one attached hydrogen (secondary N) is 3. The van der Waals surface area contributed by atoms with Crippen molar-refractivity contribution in [2.45, 2.75) is 26.7 Å². The highest BCUT2D eigenvalue weighted by atomic mass is 16.2. The Morgan fingerprint density at radius 2 is 2.00 bits per heavy atom. The smallest absolute Gasteiger partial charge is 0.320 e. The van der Waals surface area contributed by atoms with Crippen LogP contribution in [-0.2, 0) is 0 Å². The molecule has 0 aliphatic rings. The van der Waals surface area contributed by atoms with Crippen LogP contribution in [0.5, 0.6) is 0 Å². The maximum absolute atomic E-state index is 11.9. The average Bonchev–Trinajstić information content (AvgIpc) is 2.97. The highest BCUT2D eigenvalue weighted by Crippen LogP contribution is 2.27. The van der Waals surface area contributed by atoms with Gasteiger partial charge in [-0.3, -0.25) is 10.4 Å². The topological polar surface area (TPSA) is 69.8 Å². The van der Waals surface area contributed by atoms with Crippen LogP contribution in [0.15, 0.2) is 42.5 Å². The van der Waals surface area contributed by atoms with E-state index in [4.69, 9.17) is 0 Å². The molecule has 5 heteroatoms. The second-order valence-electron chi connectivity index (χ2n) is 5.94. The molecule has 0 unspecified atom stereocenters. The maximum Gasteiger partial charge on any atom is 0.320 e. The normalized spacial score (nSPS) is 10.8. The van der Waals surface area contributed by atoms with Crippen molar-refractivity contribution in [1.29, 1.82) is 0 Å². The second kappa shape index (κ2) is 7.17. The number of aromatic nitrogens is 2. The monoisotopic (exact) mass is 322 g/mol. The third kappa shape index (κ3) is 3.56. The summed E-state index contributed by atoms with van der Waals surface area (Å²) in [5.41, 5.74) is 4.41. The number of hydrogen-bond acceptors (Lipinski definition) is 2. The third-order valence-corrected chi connectivity index (χ3v) is 3.96. The number of benzene rings is 2. The first kappa shape index (κ1) is 16.1. The molecule has 0 bridgehead atoms. The highest BCUT2D eigenvalue weighted by Gasteiger charge is 2.10. The van der Waals surface area contributed by atoms with Crippen LogP contribution in [0.2, 0.25) is 0 Å². The van der Waals surface area contributed by atoms with Gasteiger partial charge >= 0.3 is 6.03 Å². The molecule has 3 rings (SSSR count). The van der Waals surface area contributed by atoms with Gasteiger partial charge in [-0.25, -0.2) is 4.79 Å². The number of aromatic amines is 1. The number of H-pyrrole nitrogens is 1. The van der Waals surface area contributed by atoms with Crippen LogP contribution in [0.4, 0.5) is 10.6 Å². The molecule has 1 aromatic heterocycles. The third-order valence-electron chi connectivity index (χ3n) is 3.96. The summed E-state index contributed by atoms with van der Waals surface area (Å²) in [6.45, 7) is 4.84. The number of carbonyl (C=O) groups is 1. The first-order valence-corrected chi connectivity index (χ1v) is 8.27. The molecule has 0 atom stereocenters. The van der Waals surface area contributed by atoms with Gasteiger partial charge in [0.05, 0.1) is 5.52 Å². The fourth-order valence-electron chi connectivity index (χ4n) is 2.65. The summed E-state index contributed by atoms with van der Waals surface area (Å²) < 4.78 is 0. The van der Waals surface area contributed by atoms with E-state index < -0.39 is 0 Å². The minimum Gasteiger partial charge on any atom is -0.338 e. The molecule has 2 amide bonds. The number of anilines is 1. The van der Waals surface area contributed by atoms with Crippen LogP contribution in [-0.4, -0.2) is 22.8 Å². The van der Waals surface area contributed by atoms with Crippen LogP contribution in [0.1, 0.15) is 25.3 Å². The lowest BCUT2D eigenvalue weighted by Crippen LogP contribution is -2.29. The zero-order valence-corrected chi connectivity index (χ0v) is 14.0. The summed E-state index contributed by atoms with van der Waals surface area (Å²) in [5.74, 6) is 0.551. The van der Waals surface area contributed by atoms with Crippen molar-refractivity contribution < 1.29 is 4.79 Å². The van der Waals surface area contributed by atoms with Gasteiger partial charge in [0.1, 0.15) is 0 Å². The fourth-order valence-corrected chi connectivity index (χ4v) is 2.65. The van der Waals surface area contributed by atoms with Crippen molar-refractivity contribution in [2.24, 2.45) is 0 Å². The quantitative estimate of drug-likeness (QED) is 0.607. The number of hydrogen-bond donors (Lipinski definition) is 3. The molecule has 3 aromatic rings. The Morgan fingerprint density at radius 1 is 1.17 bits per heavy atom. The van der Waals surface area contributed by atoms with E-state index in [2.05, 4.69) is 65.0 Å². The van der Waals surface area contributed by atoms with E-state index in [1.165, 1.54) is 11.1 Å². The van der Waals surface area contributed by atoms with E-state index in [-0.39, 0.29) is 6.03 Å². The van der Waals surface area contributed by atoms with E-state index in [1.807, 2.05) is 12.1 Å². The Hall–Kier alpha value is -2.82. The molecule has 0 radical (unpaired) electrons. The number of rotatable bonds is 5. The van der Waals surface area contributed by atoms with E-state index in [9.17, 15) is 4.79 Å². The van der Waals surface area contributed by atoms with Gasteiger partial charge in [-0.05, 0) is 36.6 Å². The number of nitrogens with zero attached hydrogens (tertiary/aromatic N) is 1. The van der Waals surface area contributed by atoms with Crippen LogP contribution >= 0.6 is 0 Å². The van der Waals surface area contributed by atoms with Crippen LogP contribution < -0.4 is 10.6 Å². The number of carbonyl (C=O) groups excluding carboxylic acids is 1. The van der Waals surface area contributed by atoms with Crippen molar-refractivity contribution in [3.8, 4) is 11.1 Å². The predicted molar refractivity (Wildman–Crippen MR) is 98.2 cm³/mol. The van der Waals surface area contributed by atoms with Crippen molar-refractivity contribution in [1.82, 2.24) is 15.5 Å². The Bertz CT molecular complexity index is 853. The molecule has 0 fully saturated rings. The van der Waals surface area contributed by atoms with E-state index in [1.54, 1.807) is 0 Å². The number of unbranched alkanes of at least 4 members (excludes halogenated alkanes) is 1. The average molecular weight is 322 g/mol. The van der Waals surface area contributed by atoms with Gasteiger partial charge < -0.3 is 5.32 Å². The van der Waals surface area contributed by atoms with Crippen LogP contribution in [0.3, 0.4) is 0 Å². The fraction of sp³-hybridized carbons (Fsp3) is 0.263. The lowest BCUT2D eigenvalue weighted by Gasteiger charge is -2.05. The van der Waals surface area contributed by atoms with Gasteiger partial charge in [-0.15, -0.1) is 0 Å². The van der Waals surface area contributed by atoms with Crippen molar-refractivity contribution in [3.63, 3.8) is 0 Å². The molecule has 0 aliphatic heterocycles. The number of amides is 2. The van der Waals surface area contributed by atoms with Gasteiger partial charge in [0.25, 0.3) is 0 Å². The molecule has 1 heterocycles. The zero-order valence-electron chi connectivity index (χ0n) is 14.0. The number of urea groups is 1. The van der Waals surface area contributed by atoms with Gasteiger partial charge in [0.2, 0.25) is 0 Å². The van der Waals surface area contributed by atoms with Gasteiger partial charge in [-0.2, -0.15) is 5.10 Å². The number of fused-ring (bicyclic) bond motifs is 1. The van der Waals surface area contributed by atoms with Crippen molar-refractivity contribution in [2.75, 3.05) is 11.9 Å². The summed E-state index contributed by atoms with van der Waals surface area (Å²) in [6.07, 6.45) is 2.02. The molecule has 5 nitrogen and oxygen atoms in total. The Kier molecular flexibility index (Phi) is 4.79. The first-order valence-electron chi connectivity index (χ1n) is 8.27. The molecular weight excluding hydrogens is 300 g/mol. The molecule has 124 valence electrons. The van der Waals surface area contributed by atoms with Gasteiger partial charge in [0.15, 0.2) is 5.82 Å². The van der Waals surface area contributed by atoms with Crippen molar-refractivity contribution in [3.05, 3.63) is 48.0 Å². The lowest BCUT2D eigenvalue weighted by atomic mass is 10.0. The minimum absolute atomic E-state index is 0.223. The Morgan fingerprint density at radius 3 is 2.79 bits per heavy atom. The van der Waals surface area contributed by atoms with E-state index >= 15 is 0 Å². The molecular formula is C19H22N4O. The summed E-state index contributed by atoms with van der Waals surface area (Å²) in [7, 11) is 0. The standard InChI is InChI=1S/C19H22N4O/c1-3-4-10-20-19(24)21-18-16-9-8-15(12-17(16)22-23-18)14-7-5-6-13(2)11-14/h5-9,11-12H,3-4,10H2,1-2H3,(H3,20,21,22,23,24). The lowest BCUT2D eigenvalue weighted by molar-refractivity contribution is 0.252. The summed E-state index contributed by atoms with van der Waals surface area (Å²) in [4.78, 5) is 11.9. The zero-order chi connectivity index (χ0) is 16.9. The van der Waals surface area contributed by atoms with Crippen LogP contribution in [0, 0.1) is 6.92 Å². The largest absolute Gasteiger partial charge is 0.338 e. The SMILES string of the molecule is CCCCNC(=O)Nc1n[nH]c2cc(-c3cccc(C)c3)ccc12. The predicted octanol–water partition coefficient (Wildman–Crippen LogP) is 4.46. The summed E-state index contributed by atoms with van der Waals surface area (Å²) in [5, 5.41) is 13.7. The molecule has 0 saturated carbocycles. The molecule has 0 aliphatic carbocycles. The second-order valence-corrected chi connectivity index (χ2v) is 5.94. The van der Waals surface area contributed by atoms with E-state index in [0.29, 0.717) is 12.4 Å². The van der Waals surface area contributed by atoms with Crippen LogP contribution in [0.25, 0.3) is 22.0 Å². The van der Waals surface area contributed by atoms with Gasteiger partial charge in [0, 0.05) is 11.9 Å². The molecule has 24 heavy (non-hydrogen) atoms. The Labute approximate surface area is 141 Å². The summed E-state index contributed by atoms with van der Waals surface area (Å²) >= 11 is 0. The molecule has 3 N–H and O–H groups in total. The van der Waals surface area contributed by atoms with Crippen molar-refractivity contribution >= 4 is 22.8 Å². The van der Waals surface area contributed by atoms with E-state index in [0.717, 1.165) is 29.3 Å². The Balaban J connectivity index is 1.80. The molecule has 0 saturated heterocycles. The minimum atomic E-state index is -0.223. The molecule has 2 aromatic carbocycles. The first-order chi connectivity index (χ1) is 11.7. The highest BCUT2D eigenvalue weighted by molar-refractivity contribution is 6.00.